The number of nitrogens with zero attached hydrogens (tertiary/aromatic N) is 2. The normalized spacial score (nSPS) is 24.8. The standard InChI is InChI=1S/C19H27ClFN3O3S/c1-14-4-2-3-5-18(14)22-19(25)13-23-8-10-24(11-9-23)28(26,27)15-6-7-17(21)16(20)12-15/h6-7,12,14,18H,2-5,8-11,13H2,1H3,(H,22,25)/t14-,18-/m1/s1. The molecular weight excluding hydrogens is 405 g/mol. The van der Waals surface area contributed by atoms with Crippen molar-refractivity contribution < 1.29 is 17.6 Å². The average Bonchev–Trinajstić information content (AvgIpc) is 2.66. The maximum absolute atomic E-state index is 13.3. The molecule has 1 aromatic rings. The summed E-state index contributed by atoms with van der Waals surface area (Å²) in [6.45, 7) is 3.97. The van der Waals surface area contributed by atoms with Crippen LogP contribution in [0.25, 0.3) is 0 Å². The second-order valence-corrected chi connectivity index (χ2v) is 10.0. The van der Waals surface area contributed by atoms with Gasteiger partial charge in [0.25, 0.3) is 0 Å². The first-order valence-corrected chi connectivity index (χ1v) is 11.6. The highest BCUT2D eigenvalue weighted by atomic mass is 35.5. The van der Waals surface area contributed by atoms with Gasteiger partial charge in [-0.05, 0) is 37.0 Å². The first-order valence-electron chi connectivity index (χ1n) is 9.74. The van der Waals surface area contributed by atoms with Crippen molar-refractivity contribution in [2.45, 2.75) is 43.5 Å². The van der Waals surface area contributed by atoms with E-state index in [0.29, 0.717) is 19.0 Å². The van der Waals surface area contributed by atoms with Crippen LogP contribution in [0, 0.1) is 11.7 Å². The molecule has 1 N–H and O–H groups in total. The van der Waals surface area contributed by atoms with Crippen molar-refractivity contribution in [1.29, 1.82) is 0 Å². The molecule has 1 saturated carbocycles. The van der Waals surface area contributed by atoms with Crippen LogP contribution in [-0.4, -0.2) is 62.3 Å². The molecule has 0 radical (unpaired) electrons. The summed E-state index contributed by atoms with van der Waals surface area (Å²) in [7, 11) is -3.73. The van der Waals surface area contributed by atoms with Crippen LogP contribution >= 0.6 is 11.6 Å². The predicted octanol–water partition coefficient (Wildman–Crippen LogP) is 2.48. The SMILES string of the molecule is C[C@@H]1CCCC[C@H]1NC(=O)CN1CCN(S(=O)(=O)c2ccc(F)c(Cl)c2)CC1. The Bertz CT molecular complexity index is 813. The van der Waals surface area contributed by atoms with Gasteiger partial charge in [0.05, 0.1) is 16.5 Å². The summed E-state index contributed by atoms with van der Waals surface area (Å²) in [5, 5.41) is 2.92. The molecule has 6 nitrogen and oxygen atoms in total. The third-order valence-electron chi connectivity index (χ3n) is 5.69. The van der Waals surface area contributed by atoms with Gasteiger partial charge in [-0.1, -0.05) is 31.4 Å². The van der Waals surface area contributed by atoms with Gasteiger partial charge in [-0.2, -0.15) is 4.31 Å². The molecule has 3 rings (SSSR count). The lowest BCUT2D eigenvalue weighted by atomic mass is 9.86. The molecule has 2 fully saturated rings. The Morgan fingerprint density at radius 3 is 2.54 bits per heavy atom. The topological polar surface area (TPSA) is 69.7 Å². The second kappa shape index (κ2) is 9.07. The zero-order valence-electron chi connectivity index (χ0n) is 16.0. The second-order valence-electron chi connectivity index (χ2n) is 7.69. The Kier molecular flexibility index (Phi) is 6.96. The van der Waals surface area contributed by atoms with Gasteiger partial charge in [0.15, 0.2) is 0 Å². The first kappa shape index (κ1) is 21.5. The van der Waals surface area contributed by atoms with Crippen molar-refractivity contribution in [3.05, 3.63) is 29.0 Å². The molecule has 1 saturated heterocycles. The van der Waals surface area contributed by atoms with Crippen molar-refractivity contribution >= 4 is 27.5 Å². The van der Waals surface area contributed by atoms with Crippen LogP contribution < -0.4 is 5.32 Å². The van der Waals surface area contributed by atoms with Crippen molar-refractivity contribution in [3.8, 4) is 0 Å². The molecule has 0 spiro atoms. The van der Waals surface area contributed by atoms with Gasteiger partial charge in [0, 0.05) is 32.2 Å². The number of carbonyl (C=O) groups is 1. The fourth-order valence-corrected chi connectivity index (χ4v) is 5.59. The number of benzene rings is 1. The minimum absolute atomic E-state index is 0.000346. The Morgan fingerprint density at radius 2 is 1.89 bits per heavy atom. The van der Waals surface area contributed by atoms with Gasteiger partial charge in [-0.15, -0.1) is 0 Å². The number of carbonyl (C=O) groups excluding carboxylic acids is 1. The van der Waals surface area contributed by atoms with Crippen LogP contribution in [0.15, 0.2) is 23.1 Å². The molecule has 9 heteroatoms. The van der Waals surface area contributed by atoms with Crippen molar-refractivity contribution in [3.63, 3.8) is 0 Å². The molecular formula is C19H27ClFN3O3S. The number of hydrogen-bond donors (Lipinski definition) is 1. The number of amides is 1. The Balaban J connectivity index is 1.52. The molecule has 1 aliphatic carbocycles. The molecule has 2 atom stereocenters. The molecule has 2 aliphatic rings. The zero-order valence-corrected chi connectivity index (χ0v) is 17.6. The van der Waals surface area contributed by atoms with Gasteiger partial charge >= 0.3 is 0 Å². The highest BCUT2D eigenvalue weighted by Gasteiger charge is 2.30. The zero-order chi connectivity index (χ0) is 20.3. The van der Waals surface area contributed by atoms with E-state index < -0.39 is 15.8 Å². The number of nitrogens with one attached hydrogen (secondary N) is 1. The smallest absolute Gasteiger partial charge is 0.243 e. The van der Waals surface area contributed by atoms with Gasteiger partial charge in [0.2, 0.25) is 15.9 Å². The maximum Gasteiger partial charge on any atom is 0.243 e. The summed E-state index contributed by atoms with van der Waals surface area (Å²) in [6, 6.07) is 3.66. The maximum atomic E-state index is 13.3. The van der Waals surface area contributed by atoms with Crippen molar-refractivity contribution in [2.24, 2.45) is 5.92 Å². The van der Waals surface area contributed by atoms with Crippen LogP contribution in [0.3, 0.4) is 0 Å². The summed E-state index contributed by atoms with van der Waals surface area (Å²) in [5.41, 5.74) is 0. The van der Waals surface area contributed by atoms with Gasteiger partial charge in [-0.25, -0.2) is 12.8 Å². The van der Waals surface area contributed by atoms with E-state index in [1.165, 1.54) is 16.8 Å². The lowest BCUT2D eigenvalue weighted by Crippen LogP contribution is -2.52. The van der Waals surface area contributed by atoms with Crippen molar-refractivity contribution in [2.75, 3.05) is 32.7 Å². The predicted molar refractivity (Wildman–Crippen MR) is 106 cm³/mol. The van der Waals surface area contributed by atoms with Crippen LogP contribution in [0.2, 0.25) is 5.02 Å². The lowest BCUT2D eigenvalue weighted by Gasteiger charge is -2.34. The fraction of sp³-hybridized carbons (Fsp3) is 0.632. The van der Waals surface area contributed by atoms with Crippen LogP contribution in [-0.2, 0) is 14.8 Å². The quantitative estimate of drug-likeness (QED) is 0.777. The third kappa shape index (κ3) is 5.03. The number of sulfonamides is 1. The minimum Gasteiger partial charge on any atom is -0.352 e. The summed E-state index contributed by atoms with van der Waals surface area (Å²) in [6.07, 6.45) is 4.55. The van der Waals surface area contributed by atoms with Crippen molar-refractivity contribution in [1.82, 2.24) is 14.5 Å². The Hall–Kier alpha value is -1.22. The monoisotopic (exact) mass is 431 g/mol. The van der Waals surface area contributed by atoms with Gasteiger partial charge in [0.1, 0.15) is 5.82 Å². The van der Waals surface area contributed by atoms with E-state index in [1.807, 2.05) is 4.90 Å². The first-order chi connectivity index (χ1) is 13.3. The van der Waals surface area contributed by atoms with Crippen LogP contribution in [0.1, 0.15) is 32.6 Å². The third-order valence-corrected chi connectivity index (χ3v) is 7.87. The van der Waals surface area contributed by atoms with E-state index >= 15 is 0 Å². The largest absolute Gasteiger partial charge is 0.352 e. The van der Waals surface area contributed by atoms with E-state index in [4.69, 9.17) is 11.6 Å². The molecule has 1 amide bonds. The van der Waals surface area contributed by atoms with Crippen LogP contribution in [0.5, 0.6) is 0 Å². The van der Waals surface area contributed by atoms with E-state index in [1.54, 1.807) is 0 Å². The van der Waals surface area contributed by atoms with Crippen LogP contribution in [0.4, 0.5) is 4.39 Å². The number of halogens is 2. The molecule has 1 aromatic carbocycles. The number of hydrogen-bond acceptors (Lipinski definition) is 4. The lowest BCUT2D eigenvalue weighted by molar-refractivity contribution is -0.123. The highest BCUT2D eigenvalue weighted by molar-refractivity contribution is 7.89. The van der Waals surface area contributed by atoms with E-state index in [0.717, 1.165) is 31.4 Å². The summed E-state index contributed by atoms with van der Waals surface area (Å²) in [4.78, 5) is 14.3. The molecule has 0 aromatic heterocycles. The van der Waals surface area contributed by atoms with E-state index in [-0.39, 0.29) is 41.5 Å². The van der Waals surface area contributed by atoms with E-state index in [2.05, 4.69) is 12.2 Å². The summed E-state index contributed by atoms with van der Waals surface area (Å²) in [5.74, 6) is -0.147. The molecule has 0 unspecified atom stereocenters. The van der Waals surface area contributed by atoms with E-state index in [9.17, 15) is 17.6 Å². The molecule has 0 bridgehead atoms. The number of rotatable bonds is 5. The minimum atomic E-state index is -3.73. The summed E-state index contributed by atoms with van der Waals surface area (Å²) >= 11 is 5.72. The molecule has 156 valence electrons. The average molecular weight is 432 g/mol. The number of piperazine rings is 1. The molecule has 1 heterocycles. The Morgan fingerprint density at radius 1 is 1.21 bits per heavy atom. The molecule has 1 aliphatic heterocycles. The van der Waals surface area contributed by atoms with Gasteiger partial charge < -0.3 is 5.32 Å². The van der Waals surface area contributed by atoms with Gasteiger partial charge in [-0.3, -0.25) is 9.69 Å². The molecule has 28 heavy (non-hydrogen) atoms. The highest BCUT2D eigenvalue weighted by Crippen LogP contribution is 2.24. The Labute approximate surface area is 171 Å². The fourth-order valence-electron chi connectivity index (χ4n) is 3.90. The summed E-state index contributed by atoms with van der Waals surface area (Å²) < 4.78 is 40.1.